The van der Waals surface area contributed by atoms with E-state index in [-0.39, 0.29) is 5.75 Å². The van der Waals surface area contributed by atoms with E-state index < -0.39 is 0 Å². The molecule has 1 aromatic carbocycles. The fraction of sp³-hybridized carbons (Fsp3) is 0.0833. The van der Waals surface area contributed by atoms with Crippen molar-refractivity contribution in [3.05, 3.63) is 41.7 Å². The predicted molar refractivity (Wildman–Crippen MR) is 55.3 cm³/mol. The average molecular weight is 199 g/mol. The lowest BCUT2D eigenvalue weighted by Crippen LogP contribution is -1.79. The second-order valence-corrected chi connectivity index (χ2v) is 3.25. The van der Waals surface area contributed by atoms with Gasteiger partial charge in [0, 0.05) is 0 Å². The summed E-state index contributed by atoms with van der Waals surface area (Å²) in [6.45, 7) is 1.83. The van der Waals surface area contributed by atoms with Crippen LogP contribution >= 0.6 is 0 Å². The van der Waals surface area contributed by atoms with Crippen molar-refractivity contribution in [1.29, 1.82) is 5.26 Å². The van der Waals surface area contributed by atoms with Gasteiger partial charge in [0.05, 0.1) is 17.2 Å². The molecular weight excluding hydrogens is 190 g/mol. The summed E-state index contributed by atoms with van der Waals surface area (Å²) in [5, 5.41) is 18.4. The van der Waals surface area contributed by atoms with Crippen molar-refractivity contribution in [2.45, 2.75) is 6.92 Å². The maximum atomic E-state index is 9.62. The molecule has 3 nitrogen and oxygen atoms in total. The van der Waals surface area contributed by atoms with E-state index in [1.807, 2.05) is 19.1 Å². The number of hydrogen-bond acceptors (Lipinski definition) is 3. The molecule has 74 valence electrons. The van der Waals surface area contributed by atoms with Crippen LogP contribution in [0.25, 0.3) is 11.3 Å². The third-order valence-electron chi connectivity index (χ3n) is 2.13. The van der Waals surface area contributed by atoms with Gasteiger partial charge in [0.1, 0.15) is 17.3 Å². The van der Waals surface area contributed by atoms with E-state index in [4.69, 9.17) is 9.68 Å². The van der Waals surface area contributed by atoms with Gasteiger partial charge in [-0.1, -0.05) is 0 Å². The first-order chi connectivity index (χ1) is 7.20. The van der Waals surface area contributed by atoms with Crippen LogP contribution in [0.5, 0.6) is 5.75 Å². The van der Waals surface area contributed by atoms with Crippen LogP contribution in [0.15, 0.2) is 34.7 Å². The van der Waals surface area contributed by atoms with Crippen LogP contribution < -0.4 is 0 Å². The first-order valence-corrected chi connectivity index (χ1v) is 4.50. The standard InChI is InChI=1S/C12H9NO2/c1-8-2-5-12(15-8)10-6-9(7-13)3-4-11(10)14/h2-6,14H,1H3. The van der Waals surface area contributed by atoms with Gasteiger partial charge >= 0.3 is 0 Å². The maximum Gasteiger partial charge on any atom is 0.138 e. The topological polar surface area (TPSA) is 57.2 Å². The summed E-state index contributed by atoms with van der Waals surface area (Å²) in [6.07, 6.45) is 0. The number of nitriles is 1. The number of hydrogen-bond donors (Lipinski definition) is 1. The van der Waals surface area contributed by atoms with Crippen molar-refractivity contribution in [3.8, 4) is 23.1 Å². The number of aryl methyl sites for hydroxylation is 1. The number of rotatable bonds is 1. The van der Waals surface area contributed by atoms with Crippen LogP contribution in [0, 0.1) is 18.3 Å². The fourth-order valence-electron chi connectivity index (χ4n) is 1.38. The molecule has 2 rings (SSSR count). The fourth-order valence-corrected chi connectivity index (χ4v) is 1.38. The monoisotopic (exact) mass is 199 g/mol. The summed E-state index contributed by atoms with van der Waals surface area (Å²) in [4.78, 5) is 0. The van der Waals surface area contributed by atoms with Crippen molar-refractivity contribution in [2.75, 3.05) is 0 Å². The molecule has 0 saturated carbocycles. The normalized spacial score (nSPS) is 9.87. The largest absolute Gasteiger partial charge is 0.507 e. The molecule has 0 amide bonds. The van der Waals surface area contributed by atoms with E-state index in [1.165, 1.54) is 6.07 Å². The summed E-state index contributed by atoms with van der Waals surface area (Å²) in [7, 11) is 0. The Kier molecular flexibility index (Phi) is 2.18. The van der Waals surface area contributed by atoms with Crippen LogP contribution in [0.3, 0.4) is 0 Å². The molecular formula is C12H9NO2. The van der Waals surface area contributed by atoms with Crippen LogP contribution in [0.2, 0.25) is 0 Å². The zero-order valence-corrected chi connectivity index (χ0v) is 8.19. The highest BCUT2D eigenvalue weighted by Crippen LogP contribution is 2.30. The molecule has 1 aromatic heterocycles. The highest BCUT2D eigenvalue weighted by molar-refractivity contribution is 5.67. The molecule has 2 aromatic rings. The molecule has 1 N–H and O–H groups in total. The smallest absolute Gasteiger partial charge is 0.138 e. The second kappa shape index (κ2) is 3.50. The molecule has 0 bridgehead atoms. The minimum absolute atomic E-state index is 0.114. The lowest BCUT2D eigenvalue weighted by atomic mass is 10.1. The Bertz CT molecular complexity index is 535. The Morgan fingerprint density at radius 3 is 2.67 bits per heavy atom. The Morgan fingerprint density at radius 2 is 2.07 bits per heavy atom. The molecule has 0 fully saturated rings. The highest BCUT2D eigenvalue weighted by Gasteiger charge is 2.08. The van der Waals surface area contributed by atoms with E-state index in [9.17, 15) is 5.11 Å². The van der Waals surface area contributed by atoms with Gasteiger partial charge < -0.3 is 9.52 Å². The maximum absolute atomic E-state index is 9.62. The van der Waals surface area contributed by atoms with Crippen molar-refractivity contribution in [2.24, 2.45) is 0 Å². The number of phenolic OH excluding ortho intramolecular Hbond substituents is 1. The van der Waals surface area contributed by atoms with E-state index in [0.29, 0.717) is 16.9 Å². The number of aromatic hydroxyl groups is 1. The van der Waals surface area contributed by atoms with Gasteiger partial charge in [0.15, 0.2) is 0 Å². The van der Waals surface area contributed by atoms with Gasteiger partial charge in [-0.25, -0.2) is 0 Å². The van der Waals surface area contributed by atoms with E-state index in [0.717, 1.165) is 5.76 Å². The third-order valence-corrected chi connectivity index (χ3v) is 2.13. The highest BCUT2D eigenvalue weighted by atomic mass is 16.3. The van der Waals surface area contributed by atoms with Crippen LogP contribution in [-0.4, -0.2) is 5.11 Å². The zero-order chi connectivity index (χ0) is 10.8. The van der Waals surface area contributed by atoms with Gasteiger partial charge in [0.25, 0.3) is 0 Å². The second-order valence-electron chi connectivity index (χ2n) is 3.25. The predicted octanol–water partition coefficient (Wildman–Crippen LogP) is 2.83. The van der Waals surface area contributed by atoms with Gasteiger partial charge in [0.2, 0.25) is 0 Å². The Hall–Kier alpha value is -2.21. The Balaban J connectivity index is 2.57. The van der Waals surface area contributed by atoms with Gasteiger partial charge in [-0.2, -0.15) is 5.26 Å². The Labute approximate surface area is 87.2 Å². The van der Waals surface area contributed by atoms with E-state index in [2.05, 4.69) is 0 Å². The summed E-state index contributed by atoms with van der Waals surface area (Å²) < 4.78 is 5.38. The molecule has 0 spiro atoms. The van der Waals surface area contributed by atoms with Crippen molar-refractivity contribution < 1.29 is 9.52 Å². The summed E-state index contributed by atoms with van der Waals surface area (Å²) in [5.74, 6) is 1.46. The first-order valence-electron chi connectivity index (χ1n) is 4.50. The number of furan rings is 1. The quantitative estimate of drug-likeness (QED) is 0.768. The van der Waals surface area contributed by atoms with Crippen LogP contribution in [0.1, 0.15) is 11.3 Å². The molecule has 1 heterocycles. The molecule has 0 aliphatic carbocycles. The average Bonchev–Trinajstić information content (AvgIpc) is 2.65. The minimum atomic E-state index is 0.114. The van der Waals surface area contributed by atoms with Crippen LogP contribution in [-0.2, 0) is 0 Å². The van der Waals surface area contributed by atoms with Crippen molar-refractivity contribution >= 4 is 0 Å². The molecule has 0 unspecified atom stereocenters. The number of benzene rings is 1. The van der Waals surface area contributed by atoms with E-state index >= 15 is 0 Å². The summed E-state index contributed by atoms with van der Waals surface area (Å²) in [6, 6.07) is 10.3. The zero-order valence-electron chi connectivity index (χ0n) is 8.19. The minimum Gasteiger partial charge on any atom is -0.507 e. The molecule has 15 heavy (non-hydrogen) atoms. The lowest BCUT2D eigenvalue weighted by Gasteiger charge is -2.01. The third kappa shape index (κ3) is 1.70. The van der Waals surface area contributed by atoms with Gasteiger partial charge in [-0.05, 0) is 37.3 Å². The van der Waals surface area contributed by atoms with E-state index in [1.54, 1.807) is 18.2 Å². The number of nitrogens with zero attached hydrogens (tertiary/aromatic N) is 1. The molecule has 0 radical (unpaired) electrons. The first kappa shape index (κ1) is 9.35. The lowest BCUT2D eigenvalue weighted by molar-refractivity contribution is 0.472. The molecule has 0 saturated heterocycles. The van der Waals surface area contributed by atoms with Gasteiger partial charge in [-0.15, -0.1) is 0 Å². The van der Waals surface area contributed by atoms with Gasteiger partial charge in [-0.3, -0.25) is 0 Å². The summed E-state index contributed by atoms with van der Waals surface area (Å²) in [5.41, 5.74) is 1.04. The van der Waals surface area contributed by atoms with Crippen molar-refractivity contribution in [1.82, 2.24) is 0 Å². The number of phenols is 1. The van der Waals surface area contributed by atoms with Crippen LogP contribution in [0.4, 0.5) is 0 Å². The SMILES string of the molecule is Cc1ccc(-c2cc(C#N)ccc2O)o1. The molecule has 0 atom stereocenters. The Morgan fingerprint density at radius 1 is 1.27 bits per heavy atom. The summed E-state index contributed by atoms with van der Waals surface area (Å²) >= 11 is 0. The molecule has 0 aliphatic rings. The van der Waals surface area contributed by atoms with Crippen molar-refractivity contribution in [3.63, 3.8) is 0 Å². The molecule has 0 aliphatic heterocycles. The molecule has 3 heteroatoms.